The third-order valence-corrected chi connectivity index (χ3v) is 2.64. The molecule has 1 heterocycles. The van der Waals surface area contributed by atoms with Gasteiger partial charge in [0, 0.05) is 6.04 Å². The molecule has 0 radical (unpaired) electrons. The summed E-state index contributed by atoms with van der Waals surface area (Å²) in [6.45, 7) is 5.61. The normalized spacial score (nSPS) is 19.5. The molecule has 1 fully saturated rings. The first-order valence-electron chi connectivity index (χ1n) is 5.26. The van der Waals surface area contributed by atoms with E-state index in [0.717, 1.165) is 13.1 Å². The lowest BCUT2D eigenvalue weighted by molar-refractivity contribution is -0.128. The Balaban J connectivity index is 2.22. The molecule has 0 aromatic carbocycles. The molecule has 3 nitrogen and oxygen atoms in total. The van der Waals surface area contributed by atoms with Crippen LogP contribution in [0.2, 0.25) is 0 Å². The first-order chi connectivity index (χ1) is 6.25. The second kappa shape index (κ2) is 5.22. The van der Waals surface area contributed by atoms with Gasteiger partial charge in [-0.15, -0.1) is 0 Å². The summed E-state index contributed by atoms with van der Waals surface area (Å²) in [7, 11) is 0. The topological polar surface area (TPSA) is 32.3 Å². The minimum absolute atomic E-state index is 0.254. The molecular formula is C10H20N2O. The van der Waals surface area contributed by atoms with E-state index in [1.54, 1.807) is 0 Å². The van der Waals surface area contributed by atoms with Gasteiger partial charge in [0.25, 0.3) is 0 Å². The Hall–Kier alpha value is -0.570. The summed E-state index contributed by atoms with van der Waals surface area (Å²) >= 11 is 0. The van der Waals surface area contributed by atoms with Crippen molar-refractivity contribution >= 4 is 5.91 Å². The van der Waals surface area contributed by atoms with Crippen molar-refractivity contribution in [3.8, 4) is 0 Å². The quantitative estimate of drug-likeness (QED) is 0.654. The number of hydrogen-bond donors (Lipinski definition) is 1. The van der Waals surface area contributed by atoms with Crippen LogP contribution in [0.15, 0.2) is 0 Å². The summed E-state index contributed by atoms with van der Waals surface area (Å²) in [6.07, 6.45) is 4.90. The van der Waals surface area contributed by atoms with Gasteiger partial charge < -0.3 is 4.90 Å². The number of carbonyl (C=O) groups excluding carboxylic acids is 1. The van der Waals surface area contributed by atoms with Gasteiger partial charge in [-0.2, -0.15) is 0 Å². The van der Waals surface area contributed by atoms with Gasteiger partial charge in [-0.1, -0.05) is 26.2 Å². The van der Waals surface area contributed by atoms with E-state index in [9.17, 15) is 4.79 Å². The summed E-state index contributed by atoms with van der Waals surface area (Å²) in [5.41, 5.74) is 0. The van der Waals surface area contributed by atoms with E-state index in [0.29, 0.717) is 12.6 Å². The van der Waals surface area contributed by atoms with Gasteiger partial charge in [0.1, 0.15) is 0 Å². The van der Waals surface area contributed by atoms with E-state index in [1.165, 1.54) is 19.3 Å². The molecule has 0 saturated carbocycles. The van der Waals surface area contributed by atoms with E-state index in [1.807, 2.05) is 4.90 Å². The molecule has 1 rings (SSSR count). The molecule has 0 spiro atoms. The van der Waals surface area contributed by atoms with Crippen LogP contribution in [0.4, 0.5) is 0 Å². The highest BCUT2D eigenvalue weighted by atomic mass is 16.2. The predicted molar refractivity (Wildman–Crippen MR) is 53.3 cm³/mol. The molecular weight excluding hydrogens is 164 g/mol. The Labute approximate surface area is 80.5 Å². The van der Waals surface area contributed by atoms with Crippen molar-refractivity contribution in [2.75, 3.05) is 13.2 Å². The van der Waals surface area contributed by atoms with Crippen LogP contribution in [0.5, 0.6) is 0 Å². The third kappa shape index (κ3) is 2.99. The largest absolute Gasteiger partial charge is 0.326 e. The number of rotatable bonds is 5. The second-order valence-electron chi connectivity index (χ2n) is 3.79. The van der Waals surface area contributed by atoms with Crippen LogP contribution in [-0.2, 0) is 4.79 Å². The zero-order chi connectivity index (χ0) is 9.68. The van der Waals surface area contributed by atoms with Crippen molar-refractivity contribution < 1.29 is 4.79 Å². The van der Waals surface area contributed by atoms with E-state index in [4.69, 9.17) is 0 Å². The van der Waals surface area contributed by atoms with Crippen molar-refractivity contribution in [2.45, 2.75) is 45.6 Å². The van der Waals surface area contributed by atoms with Gasteiger partial charge in [-0.3, -0.25) is 10.1 Å². The maximum Gasteiger partial charge on any atom is 0.237 e. The number of amides is 1. The van der Waals surface area contributed by atoms with Crippen LogP contribution in [0.25, 0.3) is 0 Å². The SMILES string of the molecule is CCCCCC(C)N1CNCC1=O. The van der Waals surface area contributed by atoms with E-state index in [2.05, 4.69) is 19.2 Å². The molecule has 1 saturated heterocycles. The lowest BCUT2D eigenvalue weighted by Crippen LogP contribution is -2.35. The molecule has 1 aliphatic rings. The summed E-state index contributed by atoms with van der Waals surface area (Å²) in [5, 5.41) is 3.07. The summed E-state index contributed by atoms with van der Waals surface area (Å²) in [5.74, 6) is 0.254. The van der Waals surface area contributed by atoms with E-state index in [-0.39, 0.29) is 5.91 Å². The minimum Gasteiger partial charge on any atom is -0.326 e. The van der Waals surface area contributed by atoms with Gasteiger partial charge in [0.15, 0.2) is 0 Å². The van der Waals surface area contributed by atoms with E-state index < -0.39 is 0 Å². The molecule has 0 aromatic rings. The van der Waals surface area contributed by atoms with Gasteiger partial charge in [-0.05, 0) is 13.3 Å². The first-order valence-corrected chi connectivity index (χ1v) is 5.26. The molecule has 1 amide bonds. The molecule has 1 unspecified atom stereocenters. The Morgan fingerprint density at radius 3 is 2.85 bits per heavy atom. The number of unbranched alkanes of at least 4 members (excludes halogenated alkanes) is 2. The van der Waals surface area contributed by atoms with Crippen LogP contribution < -0.4 is 5.32 Å². The highest BCUT2D eigenvalue weighted by molar-refractivity contribution is 5.80. The van der Waals surface area contributed by atoms with Crippen LogP contribution in [0.1, 0.15) is 39.5 Å². The zero-order valence-corrected chi connectivity index (χ0v) is 8.68. The first kappa shape index (κ1) is 10.5. The van der Waals surface area contributed by atoms with Crippen molar-refractivity contribution in [3.63, 3.8) is 0 Å². The maximum atomic E-state index is 11.3. The fraction of sp³-hybridized carbons (Fsp3) is 0.900. The summed E-state index contributed by atoms with van der Waals surface area (Å²) in [4.78, 5) is 13.3. The van der Waals surface area contributed by atoms with E-state index >= 15 is 0 Å². The fourth-order valence-corrected chi connectivity index (χ4v) is 1.72. The van der Waals surface area contributed by atoms with Gasteiger partial charge in [0.2, 0.25) is 5.91 Å². The highest BCUT2D eigenvalue weighted by Crippen LogP contribution is 2.11. The van der Waals surface area contributed by atoms with Crippen molar-refractivity contribution in [2.24, 2.45) is 0 Å². The molecule has 3 heteroatoms. The zero-order valence-electron chi connectivity index (χ0n) is 8.68. The number of hydrogen-bond acceptors (Lipinski definition) is 2. The van der Waals surface area contributed by atoms with Gasteiger partial charge in [-0.25, -0.2) is 0 Å². The Morgan fingerprint density at radius 1 is 1.54 bits per heavy atom. The number of carbonyl (C=O) groups is 1. The maximum absolute atomic E-state index is 11.3. The fourth-order valence-electron chi connectivity index (χ4n) is 1.72. The lowest BCUT2D eigenvalue weighted by Gasteiger charge is -2.23. The molecule has 1 atom stereocenters. The summed E-state index contributed by atoms with van der Waals surface area (Å²) in [6, 6.07) is 0.411. The highest BCUT2D eigenvalue weighted by Gasteiger charge is 2.23. The van der Waals surface area contributed by atoms with Crippen molar-refractivity contribution in [1.82, 2.24) is 10.2 Å². The van der Waals surface area contributed by atoms with Crippen LogP contribution in [0.3, 0.4) is 0 Å². The summed E-state index contributed by atoms with van der Waals surface area (Å²) < 4.78 is 0. The third-order valence-electron chi connectivity index (χ3n) is 2.64. The smallest absolute Gasteiger partial charge is 0.237 e. The van der Waals surface area contributed by atoms with Crippen LogP contribution >= 0.6 is 0 Å². The minimum atomic E-state index is 0.254. The Kier molecular flexibility index (Phi) is 4.22. The molecule has 0 aromatic heterocycles. The molecule has 1 N–H and O–H groups in total. The number of nitrogens with zero attached hydrogens (tertiary/aromatic N) is 1. The Bertz CT molecular complexity index is 170. The molecule has 76 valence electrons. The Morgan fingerprint density at radius 2 is 2.31 bits per heavy atom. The van der Waals surface area contributed by atoms with Crippen LogP contribution in [0, 0.1) is 0 Å². The van der Waals surface area contributed by atoms with Gasteiger partial charge in [0.05, 0.1) is 13.2 Å². The van der Waals surface area contributed by atoms with Crippen molar-refractivity contribution in [3.05, 3.63) is 0 Å². The number of nitrogens with one attached hydrogen (secondary N) is 1. The molecule has 0 aliphatic carbocycles. The molecule has 1 aliphatic heterocycles. The predicted octanol–water partition coefficient (Wildman–Crippen LogP) is 1.34. The average molecular weight is 184 g/mol. The average Bonchev–Trinajstić information content (AvgIpc) is 2.52. The van der Waals surface area contributed by atoms with Crippen molar-refractivity contribution in [1.29, 1.82) is 0 Å². The molecule has 13 heavy (non-hydrogen) atoms. The van der Waals surface area contributed by atoms with Gasteiger partial charge >= 0.3 is 0 Å². The molecule has 0 bridgehead atoms. The van der Waals surface area contributed by atoms with Crippen LogP contribution in [-0.4, -0.2) is 30.1 Å². The second-order valence-corrected chi connectivity index (χ2v) is 3.79. The monoisotopic (exact) mass is 184 g/mol. The standard InChI is InChI=1S/C10H20N2O/c1-3-4-5-6-9(2)12-8-11-7-10(12)13/h9,11H,3-8H2,1-2H3. The lowest BCUT2D eigenvalue weighted by atomic mass is 10.1.